The molecule has 2 N–H and O–H groups in total. The number of esters is 1. The van der Waals surface area contributed by atoms with E-state index in [-0.39, 0.29) is 19.2 Å². The smallest absolute Gasteiger partial charge is 0.329 e. The largest absolute Gasteiger partial charge is 0.491 e. The molecule has 1 fully saturated rings. The van der Waals surface area contributed by atoms with Crippen molar-refractivity contribution in [3.8, 4) is 5.75 Å². The van der Waals surface area contributed by atoms with Gasteiger partial charge in [0.1, 0.15) is 17.9 Å². The van der Waals surface area contributed by atoms with Gasteiger partial charge in [0, 0.05) is 6.04 Å². The summed E-state index contributed by atoms with van der Waals surface area (Å²) in [7, 11) is 0. The zero-order valence-electron chi connectivity index (χ0n) is 12.6. The number of ether oxygens (including phenoxy) is 2. The van der Waals surface area contributed by atoms with Gasteiger partial charge in [-0.1, -0.05) is 12.1 Å². The van der Waals surface area contributed by atoms with Crippen LogP contribution in [0.1, 0.15) is 32.3 Å². The molecule has 116 valence electrons. The van der Waals surface area contributed by atoms with E-state index >= 15 is 0 Å². The number of aliphatic hydroxyl groups excluding tert-OH is 1. The Kier molecular flexibility index (Phi) is 5.20. The van der Waals surface area contributed by atoms with Gasteiger partial charge in [-0.05, 0) is 44.4 Å². The summed E-state index contributed by atoms with van der Waals surface area (Å²) in [4.78, 5) is 12.2. The molecule has 0 radical (unpaired) electrons. The highest BCUT2D eigenvalue weighted by Crippen LogP contribution is 2.24. The molecule has 5 nitrogen and oxygen atoms in total. The maximum Gasteiger partial charge on any atom is 0.329 e. The van der Waals surface area contributed by atoms with Crippen molar-refractivity contribution >= 4 is 5.97 Å². The van der Waals surface area contributed by atoms with Gasteiger partial charge in [0.15, 0.2) is 0 Å². The topological polar surface area (TPSA) is 67.8 Å². The molecule has 1 aromatic carbocycles. The standard InChI is InChI=1S/C16H23NO4/c1-3-20-15(19)16(2,17-13-7-8-13)11-21-14-6-4-5-12(9-14)10-18/h4-6,9,13,17-18H,3,7-8,10-11H2,1-2H3. The van der Waals surface area contributed by atoms with E-state index in [2.05, 4.69) is 5.32 Å². The van der Waals surface area contributed by atoms with E-state index in [0.717, 1.165) is 18.4 Å². The van der Waals surface area contributed by atoms with E-state index in [1.807, 2.05) is 18.2 Å². The van der Waals surface area contributed by atoms with Crippen LogP contribution in [-0.4, -0.2) is 35.9 Å². The normalized spacial score (nSPS) is 17.1. The van der Waals surface area contributed by atoms with Gasteiger partial charge in [-0.15, -0.1) is 0 Å². The van der Waals surface area contributed by atoms with Crippen LogP contribution in [0, 0.1) is 0 Å². The molecule has 1 aliphatic carbocycles. The molecular weight excluding hydrogens is 270 g/mol. The van der Waals surface area contributed by atoms with Crippen LogP contribution < -0.4 is 10.1 Å². The highest BCUT2D eigenvalue weighted by Gasteiger charge is 2.40. The molecule has 21 heavy (non-hydrogen) atoms. The first-order valence-electron chi connectivity index (χ1n) is 7.35. The molecule has 0 amide bonds. The first-order chi connectivity index (χ1) is 10.1. The quantitative estimate of drug-likeness (QED) is 0.713. The fourth-order valence-corrected chi connectivity index (χ4v) is 2.09. The Hall–Kier alpha value is -1.59. The Morgan fingerprint density at radius 3 is 2.86 bits per heavy atom. The van der Waals surface area contributed by atoms with Crippen molar-refractivity contribution in [2.75, 3.05) is 13.2 Å². The third-order valence-corrected chi connectivity index (χ3v) is 3.43. The van der Waals surface area contributed by atoms with E-state index in [0.29, 0.717) is 18.4 Å². The van der Waals surface area contributed by atoms with Crippen LogP contribution in [0.25, 0.3) is 0 Å². The van der Waals surface area contributed by atoms with Gasteiger partial charge >= 0.3 is 5.97 Å². The third kappa shape index (κ3) is 4.44. The molecule has 0 aliphatic heterocycles. The van der Waals surface area contributed by atoms with Crippen molar-refractivity contribution in [1.29, 1.82) is 0 Å². The second kappa shape index (κ2) is 6.91. The lowest BCUT2D eigenvalue weighted by Crippen LogP contribution is -2.55. The van der Waals surface area contributed by atoms with Crippen LogP contribution >= 0.6 is 0 Å². The predicted octanol–water partition coefficient (Wildman–Crippen LogP) is 1.63. The van der Waals surface area contributed by atoms with Gasteiger partial charge in [0.25, 0.3) is 0 Å². The van der Waals surface area contributed by atoms with Crippen molar-refractivity contribution in [2.45, 2.75) is 44.9 Å². The minimum absolute atomic E-state index is 0.0351. The summed E-state index contributed by atoms with van der Waals surface area (Å²) >= 11 is 0. The third-order valence-electron chi connectivity index (χ3n) is 3.43. The zero-order valence-corrected chi connectivity index (χ0v) is 12.6. The van der Waals surface area contributed by atoms with Crippen molar-refractivity contribution in [3.05, 3.63) is 29.8 Å². The molecule has 1 aromatic rings. The second-order valence-electron chi connectivity index (χ2n) is 5.57. The lowest BCUT2D eigenvalue weighted by atomic mass is 10.0. The van der Waals surface area contributed by atoms with Crippen LogP contribution in [0.2, 0.25) is 0 Å². The average molecular weight is 293 g/mol. The molecule has 1 aliphatic rings. The van der Waals surface area contributed by atoms with Crippen molar-refractivity contribution < 1.29 is 19.4 Å². The monoisotopic (exact) mass is 293 g/mol. The van der Waals surface area contributed by atoms with E-state index in [1.54, 1.807) is 19.9 Å². The van der Waals surface area contributed by atoms with Crippen LogP contribution in [0.3, 0.4) is 0 Å². The van der Waals surface area contributed by atoms with Crippen LogP contribution in [0.15, 0.2) is 24.3 Å². The van der Waals surface area contributed by atoms with Crippen LogP contribution in [-0.2, 0) is 16.1 Å². The van der Waals surface area contributed by atoms with E-state index < -0.39 is 5.54 Å². The Bertz CT molecular complexity index is 487. The molecule has 2 rings (SSSR count). The molecule has 0 aromatic heterocycles. The highest BCUT2D eigenvalue weighted by atomic mass is 16.5. The number of benzene rings is 1. The average Bonchev–Trinajstić information content (AvgIpc) is 3.29. The highest BCUT2D eigenvalue weighted by molar-refractivity contribution is 5.80. The predicted molar refractivity (Wildman–Crippen MR) is 79.1 cm³/mol. The minimum atomic E-state index is -0.855. The molecular formula is C16H23NO4. The first-order valence-corrected chi connectivity index (χ1v) is 7.35. The summed E-state index contributed by atoms with van der Waals surface area (Å²) in [6.45, 7) is 4.10. The summed E-state index contributed by atoms with van der Waals surface area (Å²) < 4.78 is 10.9. The fraction of sp³-hybridized carbons (Fsp3) is 0.562. The van der Waals surface area contributed by atoms with Crippen molar-refractivity contribution in [2.24, 2.45) is 0 Å². The van der Waals surface area contributed by atoms with Crippen LogP contribution in [0.4, 0.5) is 0 Å². The van der Waals surface area contributed by atoms with E-state index in [9.17, 15) is 4.79 Å². The first kappa shape index (κ1) is 15.8. The molecule has 1 saturated carbocycles. The number of nitrogens with one attached hydrogen (secondary N) is 1. The van der Waals surface area contributed by atoms with E-state index in [4.69, 9.17) is 14.6 Å². The number of hydrogen-bond donors (Lipinski definition) is 2. The summed E-state index contributed by atoms with van der Waals surface area (Å²) in [6, 6.07) is 7.58. The maximum atomic E-state index is 12.2. The lowest BCUT2D eigenvalue weighted by molar-refractivity contribution is -0.152. The lowest BCUT2D eigenvalue weighted by Gasteiger charge is -2.28. The SMILES string of the molecule is CCOC(=O)C(C)(COc1cccc(CO)c1)NC1CC1. The Balaban J connectivity index is 2.01. The molecule has 0 bridgehead atoms. The molecule has 1 unspecified atom stereocenters. The molecule has 5 heteroatoms. The number of carbonyl (C=O) groups is 1. The second-order valence-corrected chi connectivity index (χ2v) is 5.57. The molecule has 1 atom stereocenters. The van der Waals surface area contributed by atoms with E-state index in [1.165, 1.54) is 0 Å². The molecule has 0 heterocycles. The molecule has 0 saturated heterocycles. The van der Waals surface area contributed by atoms with Gasteiger partial charge < -0.3 is 14.6 Å². The minimum Gasteiger partial charge on any atom is -0.491 e. The van der Waals surface area contributed by atoms with Gasteiger partial charge in [0.2, 0.25) is 0 Å². The maximum absolute atomic E-state index is 12.2. The zero-order chi connectivity index (χ0) is 15.3. The van der Waals surface area contributed by atoms with Gasteiger partial charge in [0.05, 0.1) is 13.2 Å². The van der Waals surface area contributed by atoms with Gasteiger partial charge in [-0.2, -0.15) is 0 Å². The van der Waals surface area contributed by atoms with Gasteiger partial charge in [-0.25, -0.2) is 4.79 Å². The Morgan fingerprint density at radius 2 is 2.24 bits per heavy atom. The van der Waals surface area contributed by atoms with Crippen molar-refractivity contribution in [1.82, 2.24) is 5.32 Å². The summed E-state index contributed by atoms with van der Waals surface area (Å²) in [5.74, 6) is 0.338. The number of aliphatic hydroxyl groups is 1. The summed E-state index contributed by atoms with van der Waals surface area (Å²) in [6.07, 6.45) is 2.16. The summed E-state index contributed by atoms with van der Waals surface area (Å²) in [5, 5.41) is 12.4. The Morgan fingerprint density at radius 1 is 1.48 bits per heavy atom. The Labute approximate surface area is 125 Å². The molecule has 0 spiro atoms. The fourth-order valence-electron chi connectivity index (χ4n) is 2.09. The van der Waals surface area contributed by atoms with Crippen LogP contribution in [0.5, 0.6) is 5.75 Å². The number of hydrogen-bond acceptors (Lipinski definition) is 5. The summed E-state index contributed by atoms with van der Waals surface area (Å²) in [5.41, 5.74) is -0.0765. The van der Waals surface area contributed by atoms with Crippen molar-refractivity contribution in [3.63, 3.8) is 0 Å². The van der Waals surface area contributed by atoms with Gasteiger partial charge in [-0.3, -0.25) is 5.32 Å². The number of rotatable bonds is 8. The number of carbonyl (C=O) groups excluding carboxylic acids is 1.